The zero-order chi connectivity index (χ0) is 14.2. The molecule has 0 spiro atoms. The Bertz CT molecular complexity index is 559. The van der Waals surface area contributed by atoms with Crippen LogP contribution < -0.4 is 5.32 Å². The standard InChI is InChI=1S/C15H20BrN3/c1-9-6-10(2)13(11(3)7-9)14(17-4)15-12(16)8-18-19(15)5/h6-8,14,17H,1-5H3. The van der Waals surface area contributed by atoms with Gasteiger partial charge in [-0.15, -0.1) is 0 Å². The van der Waals surface area contributed by atoms with Crippen LogP contribution in [0, 0.1) is 20.8 Å². The van der Waals surface area contributed by atoms with Crippen molar-refractivity contribution in [2.75, 3.05) is 7.05 Å². The Labute approximate surface area is 123 Å². The molecule has 0 bridgehead atoms. The van der Waals surface area contributed by atoms with Crippen LogP contribution in [0.5, 0.6) is 0 Å². The smallest absolute Gasteiger partial charge is 0.0762 e. The van der Waals surface area contributed by atoms with Crippen molar-refractivity contribution in [1.29, 1.82) is 0 Å². The highest BCUT2D eigenvalue weighted by Crippen LogP contribution is 2.32. The van der Waals surface area contributed by atoms with E-state index in [1.165, 1.54) is 22.3 Å². The first-order valence-electron chi connectivity index (χ1n) is 6.38. The molecule has 0 aliphatic rings. The van der Waals surface area contributed by atoms with E-state index in [2.05, 4.69) is 59.2 Å². The summed E-state index contributed by atoms with van der Waals surface area (Å²) in [6, 6.07) is 4.61. The second-order valence-electron chi connectivity index (χ2n) is 5.04. The maximum absolute atomic E-state index is 4.32. The summed E-state index contributed by atoms with van der Waals surface area (Å²) in [5.74, 6) is 0. The zero-order valence-electron chi connectivity index (χ0n) is 12.1. The number of hydrogen-bond acceptors (Lipinski definition) is 2. The van der Waals surface area contributed by atoms with Gasteiger partial charge < -0.3 is 5.32 Å². The lowest BCUT2D eigenvalue weighted by atomic mass is 9.92. The van der Waals surface area contributed by atoms with Crippen molar-refractivity contribution >= 4 is 15.9 Å². The average molecular weight is 322 g/mol. The Morgan fingerprint density at radius 1 is 1.21 bits per heavy atom. The van der Waals surface area contributed by atoms with Crippen LogP contribution in [-0.2, 0) is 7.05 Å². The molecule has 0 aliphatic carbocycles. The molecule has 0 amide bonds. The summed E-state index contributed by atoms with van der Waals surface area (Å²) < 4.78 is 2.96. The number of aryl methyl sites for hydroxylation is 4. The summed E-state index contributed by atoms with van der Waals surface area (Å²) in [5, 5.41) is 7.73. The van der Waals surface area contributed by atoms with Crippen molar-refractivity contribution in [3.05, 3.63) is 50.8 Å². The molecule has 1 atom stereocenters. The molecule has 0 saturated heterocycles. The van der Waals surface area contributed by atoms with Crippen LogP contribution in [-0.4, -0.2) is 16.8 Å². The lowest BCUT2D eigenvalue weighted by Gasteiger charge is -2.22. The largest absolute Gasteiger partial charge is 0.308 e. The highest BCUT2D eigenvalue weighted by molar-refractivity contribution is 9.10. The maximum atomic E-state index is 4.32. The topological polar surface area (TPSA) is 29.9 Å². The molecule has 1 aromatic carbocycles. The fraction of sp³-hybridized carbons (Fsp3) is 0.400. The molecule has 4 heteroatoms. The third kappa shape index (κ3) is 2.60. The molecule has 19 heavy (non-hydrogen) atoms. The lowest BCUT2D eigenvalue weighted by Crippen LogP contribution is -2.23. The molecule has 1 N–H and O–H groups in total. The molecule has 0 saturated carbocycles. The summed E-state index contributed by atoms with van der Waals surface area (Å²) in [6.07, 6.45) is 1.85. The molecule has 0 fully saturated rings. The monoisotopic (exact) mass is 321 g/mol. The summed E-state index contributed by atoms with van der Waals surface area (Å²) in [7, 11) is 3.96. The fourth-order valence-electron chi connectivity index (χ4n) is 2.81. The van der Waals surface area contributed by atoms with Gasteiger partial charge in [-0.1, -0.05) is 17.7 Å². The van der Waals surface area contributed by atoms with Crippen LogP contribution in [0.1, 0.15) is 34.0 Å². The van der Waals surface area contributed by atoms with Gasteiger partial charge in [-0.3, -0.25) is 4.68 Å². The van der Waals surface area contributed by atoms with Crippen LogP contribution in [0.3, 0.4) is 0 Å². The van der Waals surface area contributed by atoms with Gasteiger partial charge in [-0.25, -0.2) is 0 Å². The number of aromatic nitrogens is 2. The van der Waals surface area contributed by atoms with E-state index in [0.717, 1.165) is 10.2 Å². The van der Waals surface area contributed by atoms with Gasteiger partial charge in [0.05, 0.1) is 22.4 Å². The number of halogens is 1. The molecular formula is C15H20BrN3. The predicted octanol–water partition coefficient (Wildman–Crippen LogP) is 3.42. The van der Waals surface area contributed by atoms with Gasteiger partial charge in [-0.05, 0) is 60.4 Å². The molecule has 1 heterocycles. The second-order valence-corrected chi connectivity index (χ2v) is 5.89. The van der Waals surface area contributed by atoms with Gasteiger partial charge in [0.25, 0.3) is 0 Å². The van der Waals surface area contributed by atoms with E-state index in [9.17, 15) is 0 Å². The first-order valence-corrected chi connectivity index (χ1v) is 7.17. The van der Waals surface area contributed by atoms with Crippen molar-refractivity contribution in [2.24, 2.45) is 7.05 Å². The van der Waals surface area contributed by atoms with E-state index in [4.69, 9.17) is 0 Å². The first kappa shape index (κ1) is 14.3. The van der Waals surface area contributed by atoms with E-state index in [1.54, 1.807) is 0 Å². The Morgan fingerprint density at radius 2 is 1.79 bits per heavy atom. The Morgan fingerprint density at radius 3 is 2.21 bits per heavy atom. The third-order valence-corrected chi connectivity index (χ3v) is 4.14. The number of nitrogens with one attached hydrogen (secondary N) is 1. The number of rotatable bonds is 3. The van der Waals surface area contributed by atoms with Crippen LogP contribution in [0.4, 0.5) is 0 Å². The summed E-state index contributed by atoms with van der Waals surface area (Å²) in [5.41, 5.74) is 6.41. The highest BCUT2D eigenvalue weighted by Gasteiger charge is 2.22. The van der Waals surface area contributed by atoms with Crippen molar-refractivity contribution in [1.82, 2.24) is 15.1 Å². The maximum Gasteiger partial charge on any atom is 0.0762 e. The van der Waals surface area contributed by atoms with Gasteiger partial charge >= 0.3 is 0 Å². The first-order chi connectivity index (χ1) is 8.95. The Hall–Kier alpha value is -1.13. The van der Waals surface area contributed by atoms with Crippen molar-refractivity contribution in [2.45, 2.75) is 26.8 Å². The van der Waals surface area contributed by atoms with Crippen LogP contribution >= 0.6 is 15.9 Å². The van der Waals surface area contributed by atoms with Crippen LogP contribution in [0.15, 0.2) is 22.8 Å². The molecule has 2 aromatic rings. The van der Waals surface area contributed by atoms with Crippen LogP contribution in [0.25, 0.3) is 0 Å². The minimum absolute atomic E-state index is 0.141. The van der Waals surface area contributed by atoms with E-state index in [1.807, 2.05) is 25.0 Å². The number of hydrogen-bond donors (Lipinski definition) is 1. The van der Waals surface area contributed by atoms with Gasteiger partial charge in [0.2, 0.25) is 0 Å². The molecule has 2 rings (SSSR count). The normalized spacial score (nSPS) is 12.7. The molecule has 102 valence electrons. The summed E-state index contributed by atoms with van der Waals surface area (Å²) >= 11 is 3.60. The molecule has 0 aliphatic heterocycles. The van der Waals surface area contributed by atoms with Gasteiger partial charge in [0, 0.05) is 7.05 Å². The Kier molecular flexibility index (Phi) is 4.11. The molecule has 1 aromatic heterocycles. The van der Waals surface area contributed by atoms with Gasteiger partial charge in [0.1, 0.15) is 0 Å². The van der Waals surface area contributed by atoms with Crippen molar-refractivity contribution in [3.63, 3.8) is 0 Å². The highest BCUT2D eigenvalue weighted by atomic mass is 79.9. The van der Waals surface area contributed by atoms with Crippen molar-refractivity contribution < 1.29 is 0 Å². The minimum atomic E-state index is 0.141. The van der Waals surface area contributed by atoms with E-state index >= 15 is 0 Å². The molecular weight excluding hydrogens is 302 g/mol. The predicted molar refractivity (Wildman–Crippen MR) is 82.5 cm³/mol. The zero-order valence-corrected chi connectivity index (χ0v) is 13.7. The Balaban J connectivity index is 2.61. The quantitative estimate of drug-likeness (QED) is 0.938. The van der Waals surface area contributed by atoms with Crippen molar-refractivity contribution in [3.8, 4) is 0 Å². The molecule has 1 unspecified atom stereocenters. The number of benzene rings is 1. The van der Waals surface area contributed by atoms with E-state index in [0.29, 0.717) is 0 Å². The van der Waals surface area contributed by atoms with E-state index in [-0.39, 0.29) is 6.04 Å². The second kappa shape index (κ2) is 5.47. The lowest BCUT2D eigenvalue weighted by molar-refractivity contribution is 0.599. The minimum Gasteiger partial charge on any atom is -0.308 e. The van der Waals surface area contributed by atoms with Gasteiger partial charge in [-0.2, -0.15) is 5.10 Å². The van der Waals surface area contributed by atoms with Gasteiger partial charge in [0.15, 0.2) is 0 Å². The summed E-state index contributed by atoms with van der Waals surface area (Å²) in [4.78, 5) is 0. The molecule has 3 nitrogen and oxygen atoms in total. The average Bonchev–Trinajstić information content (AvgIpc) is 2.64. The molecule has 0 radical (unpaired) electrons. The van der Waals surface area contributed by atoms with E-state index < -0.39 is 0 Å². The summed E-state index contributed by atoms with van der Waals surface area (Å²) in [6.45, 7) is 6.48. The SMILES string of the molecule is CNC(c1c(C)cc(C)cc1C)c1c(Br)cnn1C. The number of nitrogens with zero attached hydrogens (tertiary/aromatic N) is 2. The fourth-order valence-corrected chi connectivity index (χ4v) is 3.39. The van der Waals surface area contributed by atoms with Crippen LogP contribution in [0.2, 0.25) is 0 Å². The third-order valence-electron chi connectivity index (χ3n) is 3.53.